The number of para-hydroxylation sites is 1. The van der Waals surface area contributed by atoms with Gasteiger partial charge in [0, 0.05) is 11.8 Å². The number of anilines is 1. The number of halogens is 1. The van der Waals surface area contributed by atoms with E-state index in [2.05, 4.69) is 10.1 Å². The molecule has 1 fully saturated rings. The standard InChI is InChI=1S/C22H30FN4O9P/c1-12(2)34-21(29)14(4)26-37(32,36-15-8-6-5-7-9-15)33-11-16-18(28)17(23)20(35-16)27-10-13(3)19(25-31)24-22(27)30/h5-10,12,14,16-18,20,28,31H,11H2,1-4H3,(H,26,32)(H,24,25,30)/t14-,16-,17+,18-,20-,37-/m0/s1. The van der Waals surface area contributed by atoms with Gasteiger partial charge in [0.15, 0.2) is 18.2 Å². The second-order valence-electron chi connectivity index (χ2n) is 8.61. The lowest BCUT2D eigenvalue weighted by Crippen LogP contribution is -2.37. The van der Waals surface area contributed by atoms with Crippen LogP contribution in [0.3, 0.4) is 0 Å². The van der Waals surface area contributed by atoms with E-state index in [1.165, 1.54) is 32.2 Å². The number of rotatable bonds is 11. The van der Waals surface area contributed by atoms with Crippen molar-refractivity contribution in [2.24, 2.45) is 0 Å². The molecule has 1 aromatic carbocycles. The van der Waals surface area contributed by atoms with Crippen LogP contribution in [-0.4, -0.2) is 63.0 Å². The van der Waals surface area contributed by atoms with Crippen LogP contribution in [0.2, 0.25) is 0 Å². The second-order valence-corrected chi connectivity index (χ2v) is 10.3. The molecule has 0 radical (unpaired) electrons. The topological polar surface area (TPSA) is 170 Å². The Hall–Kier alpha value is -2.87. The molecule has 3 rings (SSSR count). The van der Waals surface area contributed by atoms with Crippen molar-refractivity contribution in [3.05, 3.63) is 52.6 Å². The van der Waals surface area contributed by atoms with Gasteiger partial charge in [0.05, 0.1) is 12.7 Å². The second kappa shape index (κ2) is 12.1. The third-order valence-electron chi connectivity index (χ3n) is 5.24. The summed E-state index contributed by atoms with van der Waals surface area (Å²) in [6.45, 7) is 5.59. The van der Waals surface area contributed by atoms with Crippen LogP contribution >= 0.6 is 7.75 Å². The first-order valence-electron chi connectivity index (χ1n) is 11.4. The van der Waals surface area contributed by atoms with E-state index in [1.54, 1.807) is 37.5 Å². The summed E-state index contributed by atoms with van der Waals surface area (Å²) < 4.78 is 50.9. The first-order valence-corrected chi connectivity index (χ1v) is 12.9. The van der Waals surface area contributed by atoms with Gasteiger partial charge in [-0.15, -0.1) is 0 Å². The van der Waals surface area contributed by atoms with Crippen molar-refractivity contribution >= 4 is 19.5 Å². The SMILES string of the molecule is Cc1cn([C@H]2O[C@@H](CO[P@@](=O)(N[C@@H](C)C(=O)OC(C)C)Oc3ccccc3)[C@H](O)[C@H]2F)c(=O)nc1NO. The number of ether oxygens (including phenoxy) is 2. The molecular formula is C22H30FN4O9P. The molecule has 0 amide bonds. The molecular weight excluding hydrogens is 514 g/mol. The minimum atomic E-state index is -4.29. The van der Waals surface area contributed by atoms with Crippen LogP contribution in [-0.2, 0) is 23.4 Å². The quantitative estimate of drug-likeness (QED) is 0.185. The minimum Gasteiger partial charge on any atom is -0.462 e. The fourth-order valence-corrected chi connectivity index (χ4v) is 4.94. The summed E-state index contributed by atoms with van der Waals surface area (Å²) in [6.07, 6.45) is -5.98. The zero-order valence-electron chi connectivity index (χ0n) is 20.6. The Bertz CT molecular complexity index is 1180. The molecule has 0 aliphatic carbocycles. The summed E-state index contributed by atoms with van der Waals surface area (Å²) in [5.74, 6) is -0.674. The summed E-state index contributed by atoms with van der Waals surface area (Å²) >= 11 is 0. The molecule has 15 heteroatoms. The summed E-state index contributed by atoms with van der Waals surface area (Å²) in [4.78, 5) is 28.1. The summed E-state index contributed by atoms with van der Waals surface area (Å²) in [7, 11) is -4.29. The number of aliphatic hydroxyl groups is 1. The maximum Gasteiger partial charge on any atom is 0.459 e. The molecule has 204 valence electrons. The normalized spacial score (nSPS) is 23.9. The Morgan fingerprint density at radius 3 is 2.59 bits per heavy atom. The number of esters is 1. The zero-order chi connectivity index (χ0) is 27.3. The van der Waals surface area contributed by atoms with Crippen molar-refractivity contribution in [1.82, 2.24) is 14.6 Å². The highest BCUT2D eigenvalue weighted by Gasteiger charge is 2.47. The average molecular weight is 544 g/mol. The number of hydrogen-bond donors (Lipinski definition) is 4. The maximum atomic E-state index is 15.0. The zero-order valence-corrected chi connectivity index (χ0v) is 21.5. The van der Waals surface area contributed by atoms with Crippen LogP contribution < -0.4 is 20.8 Å². The Morgan fingerprint density at radius 1 is 1.30 bits per heavy atom. The Morgan fingerprint density at radius 2 is 1.97 bits per heavy atom. The first kappa shape index (κ1) is 28.7. The largest absolute Gasteiger partial charge is 0.462 e. The predicted octanol–water partition coefficient (Wildman–Crippen LogP) is 2.08. The van der Waals surface area contributed by atoms with Gasteiger partial charge >= 0.3 is 19.4 Å². The molecule has 6 atom stereocenters. The molecule has 1 saturated heterocycles. The Kier molecular flexibility index (Phi) is 9.40. The average Bonchev–Trinajstić information content (AvgIpc) is 3.12. The molecule has 0 bridgehead atoms. The lowest BCUT2D eigenvalue weighted by molar-refractivity contribution is -0.149. The van der Waals surface area contributed by atoms with Gasteiger partial charge in [-0.2, -0.15) is 10.1 Å². The van der Waals surface area contributed by atoms with E-state index in [1.807, 2.05) is 0 Å². The molecule has 1 aromatic heterocycles. The summed E-state index contributed by atoms with van der Waals surface area (Å²) in [5, 5.41) is 21.9. The monoisotopic (exact) mass is 544 g/mol. The molecule has 1 aliphatic heterocycles. The van der Waals surface area contributed by atoms with Crippen molar-refractivity contribution in [1.29, 1.82) is 0 Å². The molecule has 4 N–H and O–H groups in total. The van der Waals surface area contributed by atoms with E-state index >= 15 is 0 Å². The number of nitrogens with zero attached hydrogens (tertiary/aromatic N) is 2. The number of aromatic nitrogens is 2. The van der Waals surface area contributed by atoms with Crippen molar-refractivity contribution in [2.75, 3.05) is 12.1 Å². The lowest BCUT2D eigenvalue weighted by Gasteiger charge is -2.25. The number of aryl methyl sites for hydroxylation is 1. The molecule has 0 saturated carbocycles. The van der Waals surface area contributed by atoms with E-state index < -0.39 is 62.8 Å². The number of carbonyl (C=O) groups excluding carboxylic acids is 1. The summed E-state index contributed by atoms with van der Waals surface area (Å²) in [6, 6.07) is 6.87. The van der Waals surface area contributed by atoms with Gasteiger partial charge in [0.2, 0.25) is 0 Å². The summed E-state index contributed by atoms with van der Waals surface area (Å²) in [5.41, 5.74) is 1.12. The lowest BCUT2D eigenvalue weighted by atomic mass is 10.1. The third-order valence-corrected chi connectivity index (χ3v) is 6.89. The minimum absolute atomic E-state index is 0.120. The highest BCUT2D eigenvalue weighted by Crippen LogP contribution is 2.46. The smallest absolute Gasteiger partial charge is 0.459 e. The fourth-order valence-electron chi connectivity index (χ4n) is 3.43. The van der Waals surface area contributed by atoms with Crippen LogP contribution in [0.4, 0.5) is 10.2 Å². The number of benzene rings is 1. The van der Waals surface area contributed by atoms with Crippen LogP contribution in [0.15, 0.2) is 41.3 Å². The van der Waals surface area contributed by atoms with Gasteiger partial charge in [-0.25, -0.2) is 13.8 Å². The van der Waals surface area contributed by atoms with Gasteiger partial charge in [-0.3, -0.25) is 24.6 Å². The van der Waals surface area contributed by atoms with E-state index in [4.69, 9.17) is 23.7 Å². The molecule has 2 heterocycles. The van der Waals surface area contributed by atoms with Gasteiger partial charge in [0.1, 0.15) is 24.0 Å². The molecule has 0 spiro atoms. The van der Waals surface area contributed by atoms with Gasteiger partial charge in [-0.05, 0) is 39.8 Å². The Labute approximate surface area is 212 Å². The van der Waals surface area contributed by atoms with Crippen molar-refractivity contribution in [3.63, 3.8) is 0 Å². The predicted molar refractivity (Wildman–Crippen MR) is 128 cm³/mol. The van der Waals surface area contributed by atoms with Crippen molar-refractivity contribution in [3.8, 4) is 5.75 Å². The molecule has 2 aromatic rings. The number of carbonyl (C=O) groups is 1. The molecule has 1 aliphatic rings. The third kappa shape index (κ3) is 7.12. The van der Waals surface area contributed by atoms with E-state index in [-0.39, 0.29) is 11.6 Å². The first-order chi connectivity index (χ1) is 17.4. The van der Waals surface area contributed by atoms with Crippen LogP contribution in [0.25, 0.3) is 0 Å². The number of aliphatic hydroxyl groups excluding tert-OH is 1. The van der Waals surface area contributed by atoms with Crippen LogP contribution in [0.1, 0.15) is 32.6 Å². The van der Waals surface area contributed by atoms with Gasteiger partial charge in [0.25, 0.3) is 0 Å². The number of hydrogen-bond acceptors (Lipinski definition) is 11. The van der Waals surface area contributed by atoms with Gasteiger partial charge in [-0.1, -0.05) is 18.2 Å². The van der Waals surface area contributed by atoms with Crippen molar-refractivity contribution in [2.45, 2.75) is 64.4 Å². The number of alkyl halides is 1. The number of nitrogens with one attached hydrogen (secondary N) is 2. The Balaban J connectivity index is 1.77. The van der Waals surface area contributed by atoms with Crippen LogP contribution in [0.5, 0.6) is 5.75 Å². The highest BCUT2D eigenvalue weighted by atomic mass is 31.2. The van der Waals surface area contributed by atoms with Crippen molar-refractivity contribution < 1.29 is 42.6 Å². The maximum absolute atomic E-state index is 15.0. The van der Waals surface area contributed by atoms with Gasteiger partial charge < -0.3 is 19.1 Å². The highest BCUT2D eigenvalue weighted by molar-refractivity contribution is 7.52. The fraction of sp³-hybridized carbons (Fsp3) is 0.500. The molecule has 13 nitrogen and oxygen atoms in total. The van der Waals surface area contributed by atoms with Crippen LogP contribution in [0, 0.1) is 6.92 Å². The van der Waals surface area contributed by atoms with E-state index in [0.29, 0.717) is 5.56 Å². The molecule has 0 unspecified atom stereocenters. The van der Waals surface area contributed by atoms with E-state index in [0.717, 1.165) is 4.57 Å². The molecule has 37 heavy (non-hydrogen) atoms. The van der Waals surface area contributed by atoms with E-state index in [9.17, 15) is 23.7 Å².